The standard InChI is InChI=1S/C37H53NO6S/c1-25(39)45-24-35(40)38-23-32-14-33(41-4-2-6-43-36-17-26-8-27(18-36)10-28(9-26)19-36)16-34(15-32)42-5-3-7-44-37-20-29-11-30(21-37)13-31(12-29)22-37/h14-16,26-31H,2-13,17-24H2,1H3,(H,38,40). The van der Waals surface area contributed by atoms with E-state index in [-0.39, 0.29) is 28.0 Å². The molecule has 8 aliphatic carbocycles. The quantitative estimate of drug-likeness (QED) is 0.193. The van der Waals surface area contributed by atoms with Crippen LogP contribution in [0.2, 0.25) is 0 Å². The van der Waals surface area contributed by atoms with Crippen molar-refractivity contribution in [2.24, 2.45) is 35.5 Å². The highest BCUT2D eigenvalue weighted by atomic mass is 32.2. The summed E-state index contributed by atoms with van der Waals surface area (Å²) < 4.78 is 25.6. The third-order valence-corrected chi connectivity index (χ3v) is 12.5. The van der Waals surface area contributed by atoms with Crippen molar-refractivity contribution >= 4 is 22.8 Å². The predicted octanol–water partition coefficient (Wildman–Crippen LogP) is 7.09. The molecule has 0 unspecified atom stereocenters. The predicted molar refractivity (Wildman–Crippen MR) is 175 cm³/mol. The Bertz CT molecular complexity index is 1070. The van der Waals surface area contributed by atoms with Gasteiger partial charge in [0.1, 0.15) is 11.5 Å². The van der Waals surface area contributed by atoms with Gasteiger partial charge in [0.25, 0.3) is 0 Å². The summed E-state index contributed by atoms with van der Waals surface area (Å²) in [5.74, 6) is 6.78. The van der Waals surface area contributed by atoms with Crippen molar-refractivity contribution in [3.8, 4) is 11.5 Å². The lowest BCUT2D eigenvalue weighted by molar-refractivity contribution is -0.163. The minimum atomic E-state index is -0.160. The molecule has 0 spiro atoms. The van der Waals surface area contributed by atoms with Gasteiger partial charge in [-0.25, -0.2) is 0 Å². The fraction of sp³-hybridized carbons (Fsp3) is 0.784. The van der Waals surface area contributed by atoms with Gasteiger partial charge in [-0.2, -0.15) is 0 Å². The lowest BCUT2D eigenvalue weighted by Gasteiger charge is -2.56. The number of carbonyl (C=O) groups excluding carboxylic acids is 2. The number of benzene rings is 1. The van der Waals surface area contributed by atoms with Crippen LogP contribution >= 0.6 is 11.8 Å². The summed E-state index contributed by atoms with van der Waals surface area (Å²) in [7, 11) is 0. The number of amides is 1. The summed E-state index contributed by atoms with van der Waals surface area (Å²) in [6.07, 6.45) is 17.8. The van der Waals surface area contributed by atoms with Gasteiger partial charge in [-0.15, -0.1) is 0 Å². The molecule has 8 saturated carbocycles. The molecule has 8 bridgehead atoms. The number of rotatable bonds is 16. The van der Waals surface area contributed by atoms with E-state index >= 15 is 0 Å². The highest BCUT2D eigenvalue weighted by molar-refractivity contribution is 8.14. The fourth-order valence-electron chi connectivity index (χ4n) is 10.8. The van der Waals surface area contributed by atoms with Crippen molar-refractivity contribution in [2.45, 2.75) is 115 Å². The van der Waals surface area contributed by atoms with Gasteiger partial charge < -0.3 is 24.3 Å². The van der Waals surface area contributed by atoms with Crippen molar-refractivity contribution in [1.82, 2.24) is 5.32 Å². The zero-order valence-electron chi connectivity index (χ0n) is 27.2. The molecule has 9 rings (SSSR count). The van der Waals surface area contributed by atoms with Crippen molar-refractivity contribution in [1.29, 1.82) is 0 Å². The van der Waals surface area contributed by atoms with Crippen LogP contribution in [0.1, 0.15) is 102 Å². The van der Waals surface area contributed by atoms with Gasteiger partial charge in [-0.1, -0.05) is 11.8 Å². The van der Waals surface area contributed by atoms with E-state index in [1.165, 1.54) is 84.0 Å². The van der Waals surface area contributed by atoms with E-state index in [2.05, 4.69) is 5.32 Å². The van der Waals surface area contributed by atoms with E-state index < -0.39 is 0 Å². The van der Waals surface area contributed by atoms with Crippen LogP contribution in [0.5, 0.6) is 11.5 Å². The molecular formula is C37H53NO6S. The van der Waals surface area contributed by atoms with E-state index in [9.17, 15) is 9.59 Å². The molecule has 248 valence electrons. The first-order valence-electron chi connectivity index (χ1n) is 17.9. The van der Waals surface area contributed by atoms with Crippen LogP contribution in [-0.4, -0.2) is 54.4 Å². The Morgan fingerprint density at radius 2 is 1.11 bits per heavy atom. The summed E-state index contributed by atoms with van der Waals surface area (Å²) in [6.45, 7) is 4.47. The molecule has 0 saturated heterocycles. The first-order chi connectivity index (χ1) is 21.8. The van der Waals surface area contributed by atoms with E-state index in [4.69, 9.17) is 18.9 Å². The van der Waals surface area contributed by atoms with E-state index in [0.29, 0.717) is 19.8 Å². The highest BCUT2D eigenvalue weighted by Crippen LogP contribution is 2.58. The molecule has 0 radical (unpaired) electrons. The number of nitrogens with one attached hydrogen (secondary N) is 1. The third-order valence-electron chi connectivity index (χ3n) is 11.7. The maximum absolute atomic E-state index is 12.3. The first-order valence-corrected chi connectivity index (χ1v) is 18.9. The van der Waals surface area contributed by atoms with Gasteiger partial charge in [0.15, 0.2) is 5.12 Å². The molecule has 1 N–H and O–H groups in total. The average molecular weight is 640 g/mol. The molecule has 1 aromatic carbocycles. The number of carbonyl (C=O) groups is 2. The lowest BCUT2D eigenvalue weighted by atomic mass is 9.54. The number of thioether (sulfide) groups is 1. The molecule has 8 aliphatic rings. The van der Waals surface area contributed by atoms with Crippen LogP contribution in [0.25, 0.3) is 0 Å². The van der Waals surface area contributed by atoms with Gasteiger partial charge >= 0.3 is 0 Å². The molecule has 8 fully saturated rings. The van der Waals surface area contributed by atoms with Gasteiger partial charge in [0.2, 0.25) is 5.91 Å². The molecule has 0 aliphatic heterocycles. The van der Waals surface area contributed by atoms with E-state index in [1.807, 2.05) is 18.2 Å². The van der Waals surface area contributed by atoms with Crippen LogP contribution in [0.15, 0.2) is 18.2 Å². The largest absolute Gasteiger partial charge is 0.493 e. The summed E-state index contributed by atoms with van der Waals surface area (Å²) in [5, 5.41) is 2.86. The minimum Gasteiger partial charge on any atom is -0.493 e. The maximum Gasteiger partial charge on any atom is 0.230 e. The second-order valence-electron chi connectivity index (χ2n) is 15.7. The van der Waals surface area contributed by atoms with Crippen LogP contribution in [0, 0.1) is 35.5 Å². The van der Waals surface area contributed by atoms with Gasteiger partial charge in [0, 0.05) is 32.4 Å². The van der Waals surface area contributed by atoms with Crippen molar-refractivity contribution in [2.75, 3.05) is 32.2 Å². The molecular weight excluding hydrogens is 586 g/mol. The van der Waals surface area contributed by atoms with Crippen LogP contribution in [0.4, 0.5) is 0 Å². The van der Waals surface area contributed by atoms with Crippen molar-refractivity contribution in [3.05, 3.63) is 23.8 Å². The highest BCUT2D eigenvalue weighted by Gasteiger charge is 2.52. The van der Waals surface area contributed by atoms with Crippen molar-refractivity contribution in [3.63, 3.8) is 0 Å². The van der Waals surface area contributed by atoms with Crippen LogP contribution in [-0.2, 0) is 25.6 Å². The smallest absolute Gasteiger partial charge is 0.230 e. The topological polar surface area (TPSA) is 83.1 Å². The molecule has 0 heterocycles. The van der Waals surface area contributed by atoms with E-state index in [0.717, 1.165) is 90.4 Å². The molecule has 1 amide bonds. The first kappa shape index (κ1) is 31.8. The average Bonchev–Trinajstić information content (AvgIpc) is 2.97. The molecule has 45 heavy (non-hydrogen) atoms. The minimum absolute atomic E-state index is 0.0597. The molecule has 8 heteroatoms. The Morgan fingerprint density at radius 1 is 0.689 bits per heavy atom. The van der Waals surface area contributed by atoms with Gasteiger partial charge in [-0.05, 0) is 130 Å². The Morgan fingerprint density at radius 3 is 1.51 bits per heavy atom. The zero-order valence-corrected chi connectivity index (χ0v) is 28.0. The summed E-state index contributed by atoms with van der Waals surface area (Å²) in [5.41, 5.74) is 1.18. The summed E-state index contributed by atoms with van der Waals surface area (Å²) in [6, 6.07) is 5.90. The molecule has 1 aromatic rings. The fourth-order valence-corrected chi connectivity index (χ4v) is 11.2. The second-order valence-corrected chi connectivity index (χ2v) is 16.8. The summed E-state index contributed by atoms with van der Waals surface area (Å²) in [4.78, 5) is 23.5. The number of ether oxygens (including phenoxy) is 4. The van der Waals surface area contributed by atoms with Crippen molar-refractivity contribution < 1.29 is 28.5 Å². The van der Waals surface area contributed by atoms with Crippen LogP contribution in [0.3, 0.4) is 0 Å². The Kier molecular flexibility index (Phi) is 9.73. The molecule has 7 nitrogen and oxygen atoms in total. The third kappa shape index (κ3) is 8.03. The Hall–Kier alpha value is -1.77. The van der Waals surface area contributed by atoms with Gasteiger partial charge in [-0.3, -0.25) is 9.59 Å². The maximum atomic E-state index is 12.3. The summed E-state index contributed by atoms with van der Waals surface area (Å²) >= 11 is 1.02. The molecule has 0 atom stereocenters. The number of hydrogen-bond acceptors (Lipinski definition) is 7. The van der Waals surface area contributed by atoms with E-state index in [1.54, 1.807) is 0 Å². The lowest BCUT2D eigenvalue weighted by Crippen LogP contribution is -2.52. The number of hydrogen-bond donors (Lipinski definition) is 1. The Labute approximate surface area is 273 Å². The van der Waals surface area contributed by atoms with Crippen LogP contribution < -0.4 is 14.8 Å². The van der Waals surface area contributed by atoms with Gasteiger partial charge in [0.05, 0.1) is 43.4 Å². The normalized spacial score (nSPS) is 35.5. The Balaban J connectivity index is 0.886. The monoisotopic (exact) mass is 639 g/mol. The second kappa shape index (κ2) is 13.8. The molecule has 0 aromatic heterocycles. The zero-order chi connectivity index (χ0) is 30.9. The SMILES string of the molecule is CC(=O)SCC(=O)NCc1cc(OCCCOC23CC4CC(CC(C4)C2)C3)cc(OCCCOC23CC4CC(CC(C4)C2)C3)c1.